The Morgan fingerprint density at radius 1 is 0.931 bits per heavy atom. The summed E-state index contributed by atoms with van der Waals surface area (Å²) >= 11 is 0. The smallest absolute Gasteiger partial charge is 0.255 e. The molecule has 2 aromatic carbocycles. The van der Waals surface area contributed by atoms with E-state index in [0.29, 0.717) is 16.9 Å². The molecule has 0 saturated carbocycles. The minimum Gasteiger partial charge on any atom is -0.493 e. The van der Waals surface area contributed by atoms with Crippen LogP contribution in [0.1, 0.15) is 27.9 Å². The molecule has 6 nitrogen and oxygen atoms in total. The Morgan fingerprint density at radius 2 is 1.69 bits per heavy atom. The number of ether oxygens (including phenoxy) is 1. The second kappa shape index (κ2) is 9.50. The van der Waals surface area contributed by atoms with E-state index >= 15 is 0 Å². The number of anilines is 2. The molecule has 3 rings (SSSR count). The third kappa shape index (κ3) is 5.65. The van der Waals surface area contributed by atoms with Gasteiger partial charge in [-0.05, 0) is 61.4 Å². The fourth-order valence-corrected chi connectivity index (χ4v) is 2.73. The Kier molecular flexibility index (Phi) is 6.58. The van der Waals surface area contributed by atoms with Crippen LogP contribution < -0.4 is 15.4 Å². The summed E-state index contributed by atoms with van der Waals surface area (Å²) in [6.07, 6.45) is 3.42. The minimum atomic E-state index is -0.259. The monoisotopic (exact) mass is 389 g/mol. The van der Waals surface area contributed by atoms with E-state index in [-0.39, 0.29) is 24.8 Å². The summed E-state index contributed by atoms with van der Waals surface area (Å²) in [7, 11) is 0. The highest BCUT2D eigenvalue weighted by Gasteiger charge is 2.09. The third-order valence-electron chi connectivity index (χ3n) is 4.49. The molecule has 2 amide bonds. The molecule has 0 spiro atoms. The van der Waals surface area contributed by atoms with Crippen molar-refractivity contribution in [1.82, 2.24) is 4.98 Å². The Labute approximate surface area is 169 Å². The molecule has 6 heteroatoms. The molecule has 0 aliphatic heterocycles. The largest absolute Gasteiger partial charge is 0.493 e. The van der Waals surface area contributed by atoms with Gasteiger partial charge in [-0.3, -0.25) is 14.6 Å². The molecule has 0 atom stereocenters. The lowest BCUT2D eigenvalue weighted by Crippen LogP contribution is -2.16. The van der Waals surface area contributed by atoms with Gasteiger partial charge in [-0.15, -0.1) is 0 Å². The van der Waals surface area contributed by atoms with Gasteiger partial charge in [0.05, 0.1) is 13.0 Å². The fraction of sp³-hybridized carbons (Fsp3) is 0.174. The number of hydrogen-bond acceptors (Lipinski definition) is 4. The summed E-state index contributed by atoms with van der Waals surface area (Å²) in [5.74, 6) is 0.347. The van der Waals surface area contributed by atoms with Gasteiger partial charge in [0.15, 0.2) is 0 Å². The first kappa shape index (κ1) is 20.1. The van der Waals surface area contributed by atoms with Crippen LogP contribution in [0.25, 0.3) is 0 Å². The average Bonchev–Trinajstić information content (AvgIpc) is 2.72. The Balaban J connectivity index is 1.53. The number of nitrogens with one attached hydrogen (secondary N) is 2. The fourth-order valence-electron chi connectivity index (χ4n) is 2.73. The normalized spacial score (nSPS) is 10.3. The van der Waals surface area contributed by atoms with Crippen molar-refractivity contribution in [3.05, 3.63) is 83.7 Å². The van der Waals surface area contributed by atoms with Crippen LogP contribution in [-0.2, 0) is 4.79 Å². The predicted octanol–water partition coefficient (Wildman–Crippen LogP) is 4.36. The highest BCUT2D eigenvalue weighted by molar-refractivity contribution is 6.05. The quantitative estimate of drug-likeness (QED) is 0.629. The van der Waals surface area contributed by atoms with E-state index < -0.39 is 0 Å². The number of carbonyl (C=O) groups is 2. The lowest BCUT2D eigenvalue weighted by atomic mass is 10.1. The van der Waals surface area contributed by atoms with Crippen LogP contribution in [0.5, 0.6) is 5.75 Å². The molecule has 0 aliphatic rings. The number of amides is 2. The lowest BCUT2D eigenvalue weighted by molar-refractivity contribution is -0.116. The number of rotatable bonds is 7. The summed E-state index contributed by atoms with van der Waals surface area (Å²) in [4.78, 5) is 28.5. The van der Waals surface area contributed by atoms with Crippen LogP contribution in [0.4, 0.5) is 11.4 Å². The molecule has 1 heterocycles. The molecular weight excluding hydrogens is 366 g/mol. The van der Waals surface area contributed by atoms with E-state index in [1.807, 2.05) is 32.0 Å². The second-order valence-corrected chi connectivity index (χ2v) is 6.62. The first-order chi connectivity index (χ1) is 14.0. The van der Waals surface area contributed by atoms with E-state index in [4.69, 9.17) is 4.74 Å². The van der Waals surface area contributed by atoms with E-state index in [1.54, 1.807) is 48.8 Å². The van der Waals surface area contributed by atoms with Gasteiger partial charge in [0, 0.05) is 29.3 Å². The maximum absolute atomic E-state index is 12.4. The second-order valence-electron chi connectivity index (χ2n) is 6.62. The number of nitrogens with zero attached hydrogens (tertiary/aromatic N) is 1. The van der Waals surface area contributed by atoms with Gasteiger partial charge >= 0.3 is 0 Å². The van der Waals surface area contributed by atoms with E-state index in [1.165, 1.54) is 0 Å². The van der Waals surface area contributed by atoms with Gasteiger partial charge in [0.2, 0.25) is 5.91 Å². The van der Waals surface area contributed by atoms with Crippen molar-refractivity contribution in [2.75, 3.05) is 17.2 Å². The minimum absolute atomic E-state index is 0.179. The van der Waals surface area contributed by atoms with Gasteiger partial charge in [-0.25, -0.2) is 0 Å². The van der Waals surface area contributed by atoms with Crippen LogP contribution in [0, 0.1) is 13.8 Å². The van der Waals surface area contributed by atoms with Crippen molar-refractivity contribution >= 4 is 23.2 Å². The summed E-state index contributed by atoms with van der Waals surface area (Å²) in [5.41, 5.74) is 3.88. The molecule has 2 N–H and O–H groups in total. The molecular formula is C23H23N3O3. The van der Waals surface area contributed by atoms with Crippen LogP contribution in [-0.4, -0.2) is 23.4 Å². The summed E-state index contributed by atoms with van der Waals surface area (Å²) in [6.45, 7) is 4.29. The van der Waals surface area contributed by atoms with E-state index in [0.717, 1.165) is 16.9 Å². The number of aryl methyl sites for hydroxylation is 1. The van der Waals surface area contributed by atoms with Crippen molar-refractivity contribution in [2.45, 2.75) is 20.3 Å². The number of pyridine rings is 1. The van der Waals surface area contributed by atoms with Crippen molar-refractivity contribution in [1.29, 1.82) is 0 Å². The van der Waals surface area contributed by atoms with Crippen molar-refractivity contribution in [3.8, 4) is 5.75 Å². The van der Waals surface area contributed by atoms with Gasteiger partial charge < -0.3 is 15.4 Å². The van der Waals surface area contributed by atoms with Crippen LogP contribution in [0.2, 0.25) is 0 Å². The van der Waals surface area contributed by atoms with E-state index in [9.17, 15) is 9.59 Å². The zero-order valence-electron chi connectivity index (χ0n) is 16.4. The van der Waals surface area contributed by atoms with Crippen LogP contribution >= 0.6 is 0 Å². The van der Waals surface area contributed by atoms with Gasteiger partial charge in [0.25, 0.3) is 5.91 Å². The molecule has 0 aliphatic carbocycles. The summed E-state index contributed by atoms with van der Waals surface area (Å²) in [6, 6.07) is 16.1. The zero-order chi connectivity index (χ0) is 20.6. The predicted molar refractivity (Wildman–Crippen MR) is 113 cm³/mol. The first-order valence-corrected chi connectivity index (χ1v) is 9.33. The Morgan fingerprint density at radius 3 is 2.48 bits per heavy atom. The SMILES string of the molecule is Cc1cccc(OCCC(=O)Nc2cccc(C(=O)Nc3ccncc3)c2)c1C. The standard InChI is InChI=1S/C23H23N3O3/c1-16-5-3-8-21(17(16)2)29-14-11-22(27)25-20-7-4-6-18(15-20)23(28)26-19-9-12-24-13-10-19/h3-10,12-13,15H,11,14H2,1-2H3,(H,25,27)(H,24,26,28). The highest BCUT2D eigenvalue weighted by atomic mass is 16.5. The number of benzene rings is 2. The molecule has 3 aromatic rings. The van der Waals surface area contributed by atoms with E-state index in [2.05, 4.69) is 15.6 Å². The average molecular weight is 389 g/mol. The van der Waals surface area contributed by atoms with Crippen molar-refractivity contribution in [2.24, 2.45) is 0 Å². The lowest BCUT2D eigenvalue weighted by Gasteiger charge is -2.11. The molecule has 0 radical (unpaired) electrons. The van der Waals surface area contributed by atoms with Gasteiger partial charge in [-0.1, -0.05) is 18.2 Å². The van der Waals surface area contributed by atoms with Gasteiger partial charge in [-0.2, -0.15) is 0 Å². The van der Waals surface area contributed by atoms with Crippen molar-refractivity contribution in [3.63, 3.8) is 0 Å². The molecule has 0 unspecified atom stereocenters. The topological polar surface area (TPSA) is 80.3 Å². The highest BCUT2D eigenvalue weighted by Crippen LogP contribution is 2.20. The molecule has 1 aromatic heterocycles. The molecule has 0 fully saturated rings. The molecule has 0 bridgehead atoms. The first-order valence-electron chi connectivity index (χ1n) is 9.33. The van der Waals surface area contributed by atoms with Gasteiger partial charge in [0.1, 0.15) is 5.75 Å². The molecule has 29 heavy (non-hydrogen) atoms. The summed E-state index contributed by atoms with van der Waals surface area (Å²) < 4.78 is 5.72. The Bertz CT molecular complexity index is 1000. The molecule has 0 saturated heterocycles. The Hall–Kier alpha value is -3.67. The third-order valence-corrected chi connectivity index (χ3v) is 4.49. The van der Waals surface area contributed by atoms with Crippen molar-refractivity contribution < 1.29 is 14.3 Å². The summed E-state index contributed by atoms with van der Waals surface area (Å²) in [5, 5.41) is 5.59. The molecule has 148 valence electrons. The number of aromatic nitrogens is 1. The maximum Gasteiger partial charge on any atom is 0.255 e. The van der Waals surface area contributed by atoms with Crippen LogP contribution in [0.3, 0.4) is 0 Å². The zero-order valence-corrected chi connectivity index (χ0v) is 16.4. The van der Waals surface area contributed by atoms with Crippen LogP contribution in [0.15, 0.2) is 67.0 Å². The number of carbonyl (C=O) groups excluding carboxylic acids is 2. The maximum atomic E-state index is 12.4. The number of hydrogen-bond donors (Lipinski definition) is 2.